The van der Waals surface area contributed by atoms with Gasteiger partial charge in [0.25, 0.3) is 0 Å². The third-order valence-corrected chi connectivity index (χ3v) is 3.94. The molecule has 4 rings (SSSR count). The molecule has 2 aromatic heterocycles. The summed E-state index contributed by atoms with van der Waals surface area (Å²) in [6.07, 6.45) is 7.42. The number of hydrogen-bond donors (Lipinski definition) is 1. The van der Waals surface area contributed by atoms with E-state index in [2.05, 4.69) is 68.9 Å². The van der Waals surface area contributed by atoms with E-state index in [0.717, 1.165) is 11.0 Å². The first-order valence-corrected chi connectivity index (χ1v) is 7.28. The zero-order valence-electron chi connectivity index (χ0n) is 12.3. The van der Waals surface area contributed by atoms with Crippen molar-refractivity contribution < 1.29 is 0 Å². The molecule has 22 heavy (non-hydrogen) atoms. The van der Waals surface area contributed by atoms with Crippen LogP contribution in [0.4, 0.5) is 0 Å². The maximum Gasteiger partial charge on any atom is 0.0954 e. The highest BCUT2D eigenvalue weighted by Crippen LogP contribution is 2.28. The van der Waals surface area contributed by atoms with Crippen molar-refractivity contribution in [2.75, 3.05) is 0 Å². The van der Waals surface area contributed by atoms with Crippen LogP contribution in [0.1, 0.15) is 22.7 Å². The Morgan fingerprint density at radius 3 is 2.82 bits per heavy atom. The van der Waals surface area contributed by atoms with E-state index in [-0.39, 0.29) is 6.04 Å². The van der Waals surface area contributed by atoms with Crippen molar-refractivity contribution in [2.24, 2.45) is 0 Å². The minimum absolute atomic E-state index is 0.107. The summed E-state index contributed by atoms with van der Waals surface area (Å²) in [6, 6.07) is 15.1. The predicted molar refractivity (Wildman–Crippen MR) is 86.7 cm³/mol. The summed E-state index contributed by atoms with van der Waals surface area (Å²) < 4.78 is 2.13. The molecule has 1 N–H and O–H groups in total. The summed E-state index contributed by atoms with van der Waals surface area (Å²) >= 11 is 0. The topological polar surface area (TPSA) is 46.5 Å². The van der Waals surface area contributed by atoms with E-state index < -0.39 is 0 Å². The lowest BCUT2D eigenvalue weighted by molar-refractivity contribution is 0.677. The van der Waals surface area contributed by atoms with Gasteiger partial charge in [0.2, 0.25) is 0 Å². The second kappa shape index (κ2) is 5.15. The van der Waals surface area contributed by atoms with Gasteiger partial charge < -0.3 is 9.55 Å². The van der Waals surface area contributed by atoms with Gasteiger partial charge in [0.1, 0.15) is 0 Å². The molecule has 108 valence electrons. The van der Waals surface area contributed by atoms with Crippen LogP contribution in [0.15, 0.2) is 67.5 Å². The average molecular weight is 288 g/mol. The minimum atomic E-state index is 0.107. The molecule has 0 aliphatic heterocycles. The average Bonchev–Trinajstić information content (AvgIpc) is 3.18. The lowest BCUT2D eigenvalue weighted by atomic mass is 9.97. The Bertz CT molecular complexity index is 906. The first-order valence-electron chi connectivity index (χ1n) is 7.28. The summed E-state index contributed by atoms with van der Waals surface area (Å²) in [5, 5.41) is 0. The smallest absolute Gasteiger partial charge is 0.0954 e. The first-order chi connectivity index (χ1) is 10.8. The van der Waals surface area contributed by atoms with Gasteiger partial charge in [-0.1, -0.05) is 35.9 Å². The molecule has 1 unspecified atom stereocenters. The van der Waals surface area contributed by atoms with Crippen LogP contribution in [-0.4, -0.2) is 19.5 Å². The Kier molecular flexibility index (Phi) is 3.00. The fourth-order valence-electron chi connectivity index (χ4n) is 2.92. The molecule has 4 aromatic rings. The fourth-order valence-corrected chi connectivity index (χ4v) is 2.92. The molecule has 4 heteroatoms. The lowest BCUT2D eigenvalue weighted by Gasteiger charge is -2.20. The third kappa shape index (κ3) is 2.19. The molecule has 0 radical (unpaired) electrons. The molecule has 0 saturated carbocycles. The van der Waals surface area contributed by atoms with Crippen LogP contribution in [0.3, 0.4) is 0 Å². The van der Waals surface area contributed by atoms with E-state index >= 15 is 0 Å². The van der Waals surface area contributed by atoms with Crippen molar-refractivity contribution in [2.45, 2.75) is 13.0 Å². The van der Waals surface area contributed by atoms with Crippen molar-refractivity contribution in [3.8, 4) is 0 Å². The van der Waals surface area contributed by atoms with Gasteiger partial charge in [-0.15, -0.1) is 0 Å². The van der Waals surface area contributed by atoms with Gasteiger partial charge in [-0.2, -0.15) is 0 Å². The standard InChI is InChI=1S/C18H16N4/c1-13-3-2-4-14(9-13)18(22-8-7-19-12-22)15-5-6-16-17(10-15)21-11-20-16/h2-12,18H,1H3,(H,20,21). The van der Waals surface area contributed by atoms with Crippen LogP contribution >= 0.6 is 0 Å². The molecule has 2 heterocycles. The van der Waals surface area contributed by atoms with E-state index in [1.807, 2.05) is 18.7 Å². The van der Waals surface area contributed by atoms with Crippen molar-refractivity contribution in [1.29, 1.82) is 0 Å². The van der Waals surface area contributed by atoms with Gasteiger partial charge >= 0.3 is 0 Å². The number of fused-ring (bicyclic) bond motifs is 1. The first kappa shape index (κ1) is 12.8. The molecule has 1 atom stereocenters. The third-order valence-electron chi connectivity index (χ3n) is 3.94. The van der Waals surface area contributed by atoms with Crippen molar-refractivity contribution >= 4 is 11.0 Å². The van der Waals surface area contributed by atoms with Crippen LogP contribution in [0.25, 0.3) is 11.0 Å². The number of rotatable bonds is 3. The van der Waals surface area contributed by atoms with Gasteiger partial charge in [0.05, 0.1) is 29.7 Å². The number of H-pyrrole nitrogens is 1. The highest BCUT2D eigenvalue weighted by Gasteiger charge is 2.16. The van der Waals surface area contributed by atoms with Gasteiger partial charge in [-0.05, 0) is 30.2 Å². The summed E-state index contributed by atoms with van der Waals surface area (Å²) in [5.41, 5.74) is 5.75. The normalized spacial score (nSPS) is 12.6. The van der Waals surface area contributed by atoms with Crippen LogP contribution in [0.2, 0.25) is 0 Å². The minimum Gasteiger partial charge on any atom is -0.345 e. The second-order valence-corrected chi connectivity index (χ2v) is 5.51. The molecule has 2 aromatic carbocycles. The van der Waals surface area contributed by atoms with Crippen molar-refractivity contribution in [3.63, 3.8) is 0 Å². The molecule has 0 aliphatic rings. The number of nitrogens with zero attached hydrogens (tertiary/aromatic N) is 3. The number of aryl methyl sites for hydroxylation is 1. The Morgan fingerprint density at radius 2 is 2.00 bits per heavy atom. The zero-order chi connectivity index (χ0) is 14.9. The monoisotopic (exact) mass is 288 g/mol. The Labute approximate surface area is 128 Å². The number of nitrogens with one attached hydrogen (secondary N) is 1. The molecule has 4 nitrogen and oxygen atoms in total. The Hall–Kier alpha value is -2.88. The lowest BCUT2D eigenvalue weighted by Crippen LogP contribution is -2.10. The second-order valence-electron chi connectivity index (χ2n) is 5.51. The van der Waals surface area contributed by atoms with E-state index in [1.165, 1.54) is 16.7 Å². The summed E-state index contributed by atoms with van der Waals surface area (Å²) in [4.78, 5) is 11.7. The predicted octanol–water partition coefficient (Wildman–Crippen LogP) is 3.71. The SMILES string of the molecule is Cc1cccc(C(c2ccc3nc[nH]c3c2)n2ccnc2)c1. The van der Waals surface area contributed by atoms with Crippen molar-refractivity contribution in [3.05, 3.63) is 84.2 Å². The molecule has 0 saturated heterocycles. The van der Waals surface area contributed by atoms with E-state index in [0.29, 0.717) is 0 Å². The van der Waals surface area contributed by atoms with E-state index in [9.17, 15) is 0 Å². The number of aromatic amines is 1. The van der Waals surface area contributed by atoms with E-state index in [4.69, 9.17) is 0 Å². The van der Waals surface area contributed by atoms with Crippen molar-refractivity contribution in [1.82, 2.24) is 19.5 Å². The summed E-state index contributed by atoms with van der Waals surface area (Å²) in [6.45, 7) is 2.12. The highest BCUT2D eigenvalue weighted by atomic mass is 15.1. The number of benzene rings is 2. The van der Waals surface area contributed by atoms with Crippen LogP contribution < -0.4 is 0 Å². The van der Waals surface area contributed by atoms with Crippen LogP contribution in [0, 0.1) is 6.92 Å². The van der Waals surface area contributed by atoms with Crippen LogP contribution in [0.5, 0.6) is 0 Å². The van der Waals surface area contributed by atoms with Gasteiger partial charge in [-0.25, -0.2) is 9.97 Å². The zero-order valence-corrected chi connectivity index (χ0v) is 12.3. The molecule has 0 fully saturated rings. The largest absolute Gasteiger partial charge is 0.345 e. The Morgan fingerprint density at radius 1 is 1.09 bits per heavy atom. The Balaban J connectivity index is 1.90. The van der Waals surface area contributed by atoms with E-state index in [1.54, 1.807) is 6.33 Å². The van der Waals surface area contributed by atoms with Gasteiger partial charge in [0.15, 0.2) is 0 Å². The quantitative estimate of drug-likeness (QED) is 0.624. The van der Waals surface area contributed by atoms with Gasteiger partial charge in [0, 0.05) is 12.4 Å². The fraction of sp³-hybridized carbons (Fsp3) is 0.111. The maximum absolute atomic E-state index is 4.29. The summed E-state index contributed by atoms with van der Waals surface area (Å²) in [7, 11) is 0. The number of hydrogen-bond acceptors (Lipinski definition) is 2. The highest BCUT2D eigenvalue weighted by molar-refractivity contribution is 5.75. The number of imidazole rings is 2. The van der Waals surface area contributed by atoms with Crippen LogP contribution in [-0.2, 0) is 0 Å². The molecule has 0 amide bonds. The molecular weight excluding hydrogens is 272 g/mol. The number of aromatic nitrogens is 4. The maximum atomic E-state index is 4.29. The summed E-state index contributed by atoms with van der Waals surface area (Å²) in [5.74, 6) is 0. The molecular formula is C18H16N4. The van der Waals surface area contributed by atoms with Gasteiger partial charge in [-0.3, -0.25) is 0 Å². The molecule has 0 aliphatic carbocycles. The molecule has 0 bridgehead atoms. The molecule has 0 spiro atoms.